The fraction of sp³-hybridized carbons (Fsp3) is 0.500. The summed E-state index contributed by atoms with van der Waals surface area (Å²) in [5.74, 6) is -2.08. The van der Waals surface area contributed by atoms with Crippen molar-refractivity contribution in [3.05, 3.63) is 19.1 Å². The van der Waals surface area contributed by atoms with Gasteiger partial charge in [-0.25, -0.2) is 4.79 Å². The smallest absolute Gasteiger partial charge is 0.333 e. The van der Waals surface area contributed by atoms with Crippen LogP contribution in [0.1, 0.15) is 19.3 Å². The summed E-state index contributed by atoms with van der Waals surface area (Å²) in [5.41, 5.74) is 0.352. The maximum absolute atomic E-state index is 11.0. The van der Waals surface area contributed by atoms with Gasteiger partial charge in [-0.05, 0) is 6.42 Å². The van der Waals surface area contributed by atoms with E-state index in [0.29, 0.717) is 24.8 Å². The van der Waals surface area contributed by atoms with Crippen LogP contribution in [0.2, 0.25) is 0 Å². The maximum Gasteiger partial charge on any atom is 0.333 e. The number of esters is 1. The van der Waals surface area contributed by atoms with E-state index in [0.717, 1.165) is 0 Å². The molecule has 77 valence electrons. The largest absolute Gasteiger partial charge is 0.481 e. The molecule has 0 saturated carbocycles. The molecular formula is C10H13O4. The molecule has 0 aromatic carbocycles. The van der Waals surface area contributed by atoms with E-state index in [1.165, 1.54) is 0 Å². The minimum absolute atomic E-state index is 0.315. The Morgan fingerprint density at radius 1 is 1.71 bits per heavy atom. The Hall–Kier alpha value is -1.32. The Labute approximate surface area is 82.6 Å². The van der Waals surface area contributed by atoms with Gasteiger partial charge in [-0.3, -0.25) is 4.79 Å². The molecule has 1 heterocycles. The van der Waals surface area contributed by atoms with Gasteiger partial charge < -0.3 is 9.84 Å². The predicted molar refractivity (Wildman–Crippen MR) is 49.4 cm³/mol. The molecule has 2 unspecified atom stereocenters. The van der Waals surface area contributed by atoms with Crippen LogP contribution in [0.3, 0.4) is 0 Å². The highest BCUT2D eigenvalue weighted by Crippen LogP contribution is 2.27. The Morgan fingerprint density at radius 2 is 2.36 bits per heavy atom. The highest BCUT2D eigenvalue weighted by molar-refractivity contribution is 5.90. The molecule has 4 heteroatoms. The first kappa shape index (κ1) is 10.8. The number of carbonyl (C=O) groups is 2. The molecular weight excluding hydrogens is 184 g/mol. The van der Waals surface area contributed by atoms with Crippen molar-refractivity contribution in [2.75, 3.05) is 0 Å². The van der Waals surface area contributed by atoms with E-state index < -0.39 is 24.0 Å². The lowest BCUT2D eigenvalue weighted by molar-refractivity contribution is -0.151. The van der Waals surface area contributed by atoms with E-state index in [9.17, 15) is 9.59 Å². The quantitative estimate of drug-likeness (QED) is 0.542. The summed E-state index contributed by atoms with van der Waals surface area (Å²) in [6, 6.07) is 0. The minimum Gasteiger partial charge on any atom is -0.481 e. The molecule has 1 N–H and O–H groups in total. The van der Waals surface area contributed by atoms with Crippen LogP contribution in [0.5, 0.6) is 0 Å². The number of ether oxygens (including phenoxy) is 1. The molecule has 0 aromatic rings. The van der Waals surface area contributed by atoms with Gasteiger partial charge in [0.05, 0.1) is 5.92 Å². The summed E-state index contributed by atoms with van der Waals surface area (Å²) in [5, 5.41) is 8.89. The van der Waals surface area contributed by atoms with Gasteiger partial charge in [-0.1, -0.05) is 19.9 Å². The van der Waals surface area contributed by atoms with E-state index in [1.54, 1.807) is 0 Å². The summed E-state index contributed by atoms with van der Waals surface area (Å²) in [6.45, 7) is 7.10. The maximum atomic E-state index is 11.0. The highest BCUT2D eigenvalue weighted by Gasteiger charge is 2.37. The third-order valence-corrected chi connectivity index (χ3v) is 2.28. The summed E-state index contributed by atoms with van der Waals surface area (Å²) in [4.78, 5) is 21.8. The predicted octanol–water partition coefficient (Wildman–Crippen LogP) is 1.17. The number of carboxylic acid groups (broad SMARTS) is 1. The van der Waals surface area contributed by atoms with Gasteiger partial charge in [-0.2, -0.15) is 0 Å². The molecule has 4 nitrogen and oxygen atoms in total. The second-order valence-corrected chi connectivity index (χ2v) is 3.34. The number of carbonyl (C=O) groups excluding carboxylic acids is 1. The van der Waals surface area contributed by atoms with Crippen molar-refractivity contribution in [3.8, 4) is 0 Å². The van der Waals surface area contributed by atoms with E-state index in [-0.39, 0.29) is 0 Å². The lowest BCUT2D eigenvalue weighted by atomic mass is 9.94. The first-order chi connectivity index (χ1) is 6.56. The van der Waals surface area contributed by atoms with Crippen molar-refractivity contribution in [3.63, 3.8) is 0 Å². The lowest BCUT2D eigenvalue weighted by Crippen LogP contribution is -2.27. The standard InChI is InChI=1S/C10H13O4/c1-3-4-7(9(11)12)8-5-6(2)10(13)14-8/h7-8H,1-5H2,(H,11,12). The van der Waals surface area contributed by atoms with Gasteiger partial charge in [-0.15, -0.1) is 0 Å². The van der Waals surface area contributed by atoms with Crippen LogP contribution in [0.4, 0.5) is 0 Å². The third kappa shape index (κ3) is 2.13. The summed E-state index contributed by atoms with van der Waals surface area (Å²) >= 11 is 0. The molecule has 1 fully saturated rings. The first-order valence-corrected chi connectivity index (χ1v) is 4.47. The van der Waals surface area contributed by atoms with Crippen LogP contribution in [0.25, 0.3) is 0 Å². The molecule has 14 heavy (non-hydrogen) atoms. The Morgan fingerprint density at radius 3 is 2.71 bits per heavy atom. The van der Waals surface area contributed by atoms with Gasteiger partial charge >= 0.3 is 11.9 Å². The molecule has 0 aromatic heterocycles. The summed E-state index contributed by atoms with van der Waals surface area (Å²) < 4.78 is 4.90. The van der Waals surface area contributed by atoms with Gasteiger partial charge in [0.2, 0.25) is 0 Å². The van der Waals surface area contributed by atoms with Crippen LogP contribution in [-0.4, -0.2) is 23.1 Å². The molecule has 0 bridgehead atoms. The molecule has 0 aliphatic carbocycles. The SMILES string of the molecule is [CH2]CCC(C(=O)O)C1CC(=C)C(=O)O1. The van der Waals surface area contributed by atoms with Gasteiger partial charge in [0.15, 0.2) is 0 Å². The molecule has 2 atom stereocenters. The number of cyclic esters (lactones) is 1. The van der Waals surface area contributed by atoms with Crippen molar-refractivity contribution in [1.29, 1.82) is 0 Å². The molecule has 0 spiro atoms. The monoisotopic (exact) mass is 197 g/mol. The van der Waals surface area contributed by atoms with E-state index in [4.69, 9.17) is 9.84 Å². The van der Waals surface area contributed by atoms with Crippen molar-refractivity contribution in [2.45, 2.75) is 25.4 Å². The first-order valence-electron chi connectivity index (χ1n) is 4.47. The van der Waals surface area contributed by atoms with Crippen molar-refractivity contribution < 1.29 is 19.4 Å². The molecule has 1 aliphatic rings. The molecule has 1 saturated heterocycles. The molecule has 0 amide bonds. The van der Waals surface area contributed by atoms with Crippen LogP contribution >= 0.6 is 0 Å². The van der Waals surface area contributed by atoms with Crippen molar-refractivity contribution in [2.24, 2.45) is 5.92 Å². The third-order valence-electron chi connectivity index (χ3n) is 2.28. The van der Waals surface area contributed by atoms with E-state index in [2.05, 4.69) is 13.5 Å². The van der Waals surface area contributed by atoms with Crippen LogP contribution in [-0.2, 0) is 14.3 Å². The highest BCUT2D eigenvalue weighted by atomic mass is 16.6. The lowest BCUT2D eigenvalue weighted by Gasteiger charge is -2.16. The van der Waals surface area contributed by atoms with Gasteiger partial charge in [0, 0.05) is 12.0 Å². The number of rotatable bonds is 4. The second-order valence-electron chi connectivity index (χ2n) is 3.34. The van der Waals surface area contributed by atoms with Crippen molar-refractivity contribution in [1.82, 2.24) is 0 Å². The van der Waals surface area contributed by atoms with Crippen LogP contribution in [0, 0.1) is 12.8 Å². The normalized spacial score (nSPS) is 23.4. The Bertz CT molecular complexity index is 253. The average Bonchev–Trinajstić information content (AvgIpc) is 2.42. The number of aliphatic carboxylic acids is 1. The zero-order valence-electron chi connectivity index (χ0n) is 7.86. The Balaban J connectivity index is 2.66. The van der Waals surface area contributed by atoms with Crippen LogP contribution in [0.15, 0.2) is 12.2 Å². The fourth-order valence-electron chi connectivity index (χ4n) is 1.50. The average molecular weight is 197 g/mol. The van der Waals surface area contributed by atoms with E-state index in [1.807, 2.05) is 0 Å². The molecule has 1 radical (unpaired) electrons. The van der Waals surface area contributed by atoms with Gasteiger partial charge in [0.1, 0.15) is 6.10 Å². The number of hydrogen-bond donors (Lipinski definition) is 1. The topological polar surface area (TPSA) is 63.6 Å². The fourth-order valence-corrected chi connectivity index (χ4v) is 1.50. The second kappa shape index (κ2) is 4.26. The number of carboxylic acids is 1. The molecule has 1 aliphatic heterocycles. The summed E-state index contributed by atoms with van der Waals surface area (Å²) in [6.07, 6.45) is 0.683. The zero-order chi connectivity index (χ0) is 10.7. The van der Waals surface area contributed by atoms with Gasteiger partial charge in [0.25, 0.3) is 0 Å². The summed E-state index contributed by atoms with van der Waals surface area (Å²) in [7, 11) is 0. The minimum atomic E-state index is -0.943. The van der Waals surface area contributed by atoms with E-state index >= 15 is 0 Å². The van der Waals surface area contributed by atoms with Crippen LogP contribution < -0.4 is 0 Å². The zero-order valence-corrected chi connectivity index (χ0v) is 7.86. The molecule has 1 rings (SSSR count). The Kier molecular flexibility index (Phi) is 3.28. The van der Waals surface area contributed by atoms with Crippen molar-refractivity contribution >= 4 is 11.9 Å². The number of hydrogen-bond acceptors (Lipinski definition) is 3.